The van der Waals surface area contributed by atoms with Gasteiger partial charge in [0, 0.05) is 12.7 Å². The zero-order valence-electron chi connectivity index (χ0n) is 11.3. The molecule has 2 aromatic rings. The molecule has 1 atom stereocenters. The molecule has 112 valence electrons. The van der Waals surface area contributed by atoms with Gasteiger partial charge >= 0.3 is 0 Å². The van der Waals surface area contributed by atoms with Crippen LogP contribution in [0.3, 0.4) is 0 Å². The van der Waals surface area contributed by atoms with E-state index in [1.807, 2.05) is 0 Å². The molecule has 0 amide bonds. The van der Waals surface area contributed by atoms with E-state index in [0.29, 0.717) is 5.56 Å². The van der Waals surface area contributed by atoms with Gasteiger partial charge in [-0.15, -0.1) is 0 Å². The summed E-state index contributed by atoms with van der Waals surface area (Å²) in [6.07, 6.45) is -0.204. The lowest BCUT2D eigenvalue weighted by atomic mass is 10.0. The maximum atomic E-state index is 13.6. The Balaban J connectivity index is 2.29. The van der Waals surface area contributed by atoms with Crippen LogP contribution >= 0.6 is 0 Å². The number of hydrogen-bond acceptors (Lipinski definition) is 3. The minimum atomic E-state index is -3.39. The van der Waals surface area contributed by atoms with Crippen LogP contribution in [-0.2, 0) is 16.3 Å². The molecule has 0 radical (unpaired) electrons. The molecule has 0 aliphatic rings. The highest BCUT2D eigenvalue weighted by Crippen LogP contribution is 2.23. The molecule has 6 heteroatoms. The van der Waals surface area contributed by atoms with Crippen LogP contribution in [0.5, 0.6) is 0 Å². The number of aliphatic hydroxyl groups excluding tert-OH is 1. The fourth-order valence-corrected chi connectivity index (χ4v) is 2.66. The lowest BCUT2D eigenvalue weighted by Gasteiger charge is -2.13. The van der Waals surface area contributed by atoms with Crippen molar-refractivity contribution >= 4 is 9.84 Å². The van der Waals surface area contributed by atoms with E-state index in [9.17, 15) is 22.3 Å². The zero-order valence-corrected chi connectivity index (χ0v) is 12.1. The molecule has 1 N–H and O–H groups in total. The summed E-state index contributed by atoms with van der Waals surface area (Å²) < 4.78 is 49.6. The van der Waals surface area contributed by atoms with Crippen molar-refractivity contribution in [3.63, 3.8) is 0 Å². The molecule has 21 heavy (non-hydrogen) atoms. The van der Waals surface area contributed by atoms with E-state index < -0.39 is 27.6 Å². The third-order valence-electron chi connectivity index (χ3n) is 3.12. The van der Waals surface area contributed by atoms with Crippen LogP contribution < -0.4 is 0 Å². The van der Waals surface area contributed by atoms with Crippen molar-refractivity contribution in [2.24, 2.45) is 0 Å². The maximum absolute atomic E-state index is 13.6. The molecule has 3 nitrogen and oxygen atoms in total. The average molecular weight is 312 g/mol. The minimum Gasteiger partial charge on any atom is -0.388 e. The fraction of sp³-hybridized carbons (Fsp3) is 0.200. The summed E-state index contributed by atoms with van der Waals surface area (Å²) in [6, 6.07) is 9.50. The summed E-state index contributed by atoms with van der Waals surface area (Å²) in [6.45, 7) is 0. The molecule has 0 spiro atoms. The molecular weight excluding hydrogens is 298 g/mol. The van der Waals surface area contributed by atoms with Crippen molar-refractivity contribution in [1.82, 2.24) is 0 Å². The van der Waals surface area contributed by atoms with E-state index in [-0.39, 0.29) is 16.9 Å². The molecule has 0 heterocycles. The van der Waals surface area contributed by atoms with Crippen molar-refractivity contribution in [2.75, 3.05) is 6.26 Å². The van der Waals surface area contributed by atoms with Crippen molar-refractivity contribution in [2.45, 2.75) is 17.4 Å². The predicted octanol–water partition coefficient (Wildman–Crippen LogP) is 2.64. The van der Waals surface area contributed by atoms with E-state index >= 15 is 0 Å². The van der Waals surface area contributed by atoms with E-state index in [0.717, 1.165) is 12.3 Å². The second kappa shape index (κ2) is 5.91. The maximum Gasteiger partial charge on any atom is 0.175 e. The summed E-state index contributed by atoms with van der Waals surface area (Å²) in [4.78, 5) is 0.0683. The van der Waals surface area contributed by atoms with Crippen LogP contribution in [-0.4, -0.2) is 19.8 Å². The smallest absolute Gasteiger partial charge is 0.175 e. The van der Waals surface area contributed by atoms with Crippen LogP contribution in [0.15, 0.2) is 47.4 Å². The first kappa shape index (κ1) is 15.6. The monoisotopic (exact) mass is 312 g/mol. The highest BCUT2D eigenvalue weighted by Gasteiger charge is 2.16. The van der Waals surface area contributed by atoms with Gasteiger partial charge in [-0.1, -0.05) is 24.3 Å². The molecule has 0 aromatic heterocycles. The van der Waals surface area contributed by atoms with Gasteiger partial charge in [0.05, 0.1) is 11.0 Å². The number of rotatable bonds is 4. The van der Waals surface area contributed by atoms with Crippen LogP contribution in [0, 0.1) is 11.6 Å². The van der Waals surface area contributed by atoms with Gasteiger partial charge in [0.25, 0.3) is 0 Å². The Labute approximate surface area is 121 Å². The molecular formula is C15H14F2O3S. The number of halogens is 2. The van der Waals surface area contributed by atoms with E-state index in [1.165, 1.54) is 36.4 Å². The lowest BCUT2D eigenvalue weighted by Crippen LogP contribution is -2.06. The van der Waals surface area contributed by atoms with Gasteiger partial charge in [-0.3, -0.25) is 0 Å². The highest BCUT2D eigenvalue weighted by atomic mass is 32.2. The van der Waals surface area contributed by atoms with Gasteiger partial charge in [0.2, 0.25) is 0 Å². The lowest BCUT2D eigenvalue weighted by molar-refractivity contribution is 0.176. The molecule has 2 rings (SSSR count). The standard InChI is InChI=1S/C15H14F2O3S/c1-21(19,20)12-6-2-4-10(8-12)14(18)9-11-5-3-7-13(16)15(11)17/h2-8,14,18H,9H2,1H3. The SMILES string of the molecule is CS(=O)(=O)c1cccc(C(O)Cc2cccc(F)c2F)c1. The third-order valence-corrected chi connectivity index (χ3v) is 4.23. The summed E-state index contributed by atoms with van der Waals surface area (Å²) in [5.41, 5.74) is 0.369. The van der Waals surface area contributed by atoms with Crippen molar-refractivity contribution < 1.29 is 22.3 Å². The third kappa shape index (κ3) is 3.65. The Bertz CT molecular complexity index is 757. The predicted molar refractivity (Wildman–Crippen MR) is 74.6 cm³/mol. The molecule has 0 aliphatic heterocycles. The second-order valence-corrected chi connectivity index (χ2v) is 6.79. The van der Waals surface area contributed by atoms with Crippen molar-refractivity contribution in [3.05, 3.63) is 65.2 Å². The van der Waals surface area contributed by atoms with Crippen LogP contribution in [0.25, 0.3) is 0 Å². The first-order valence-corrected chi connectivity index (χ1v) is 8.09. The van der Waals surface area contributed by atoms with Crippen molar-refractivity contribution in [1.29, 1.82) is 0 Å². The Morgan fingerprint density at radius 2 is 1.81 bits per heavy atom. The van der Waals surface area contributed by atoms with Crippen molar-refractivity contribution in [3.8, 4) is 0 Å². The minimum absolute atomic E-state index is 0.0345. The Kier molecular flexibility index (Phi) is 4.39. The molecule has 0 aliphatic carbocycles. The van der Waals surface area contributed by atoms with E-state index in [1.54, 1.807) is 0 Å². The Hall–Kier alpha value is -1.79. The van der Waals surface area contributed by atoms with E-state index in [2.05, 4.69) is 0 Å². The zero-order chi connectivity index (χ0) is 15.6. The molecule has 2 aromatic carbocycles. The van der Waals surface area contributed by atoms with Gasteiger partial charge in [0.15, 0.2) is 21.5 Å². The van der Waals surface area contributed by atoms with Crippen LogP contribution in [0.4, 0.5) is 8.78 Å². The Morgan fingerprint density at radius 1 is 1.14 bits per heavy atom. The van der Waals surface area contributed by atoms with Gasteiger partial charge in [-0.05, 0) is 29.3 Å². The second-order valence-electron chi connectivity index (χ2n) is 4.78. The normalized spacial score (nSPS) is 13.1. The number of benzene rings is 2. The van der Waals surface area contributed by atoms with Gasteiger partial charge in [0.1, 0.15) is 0 Å². The molecule has 0 saturated carbocycles. The molecule has 0 fully saturated rings. The average Bonchev–Trinajstić information content (AvgIpc) is 2.43. The molecule has 0 saturated heterocycles. The fourth-order valence-electron chi connectivity index (χ4n) is 1.98. The van der Waals surface area contributed by atoms with Crippen LogP contribution in [0.2, 0.25) is 0 Å². The topological polar surface area (TPSA) is 54.4 Å². The van der Waals surface area contributed by atoms with Gasteiger partial charge < -0.3 is 5.11 Å². The molecule has 1 unspecified atom stereocenters. The summed E-state index contributed by atoms with van der Waals surface area (Å²) in [5, 5.41) is 10.1. The van der Waals surface area contributed by atoms with E-state index in [4.69, 9.17) is 0 Å². The Morgan fingerprint density at radius 3 is 2.48 bits per heavy atom. The molecule has 0 bridgehead atoms. The largest absolute Gasteiger partial charge is 0.388 e. The first-order chi connectivity index (χ1) is 9.79. The summed E-state index contributed by atoms with van der Waals surface area (Å²) in [7, 11) is -3.39. The first-order valence-electron chi connectivity index (χ1n) is 6.20. The quantitative estimate of drug-likeness (QED) is 0.944. The number of sulfone groups is 1. The van der Waals surface area contributed by atoms with Gasteiger partial charge in [-0.2, -0.15) is 0 Å². The van der Waals surface area contributed by atoms with Gasteiger partial charge in [-0.25, -0.2) is 17.2 Å². The summed E-state index contributed by atoms with van der Waals surface area (Å²) in [5.74, 6) is -1.99. The number of hydrogen-bond donors (Lipinski definition) is 1. The highest BCUT2D eigenvalue weighted by molar-refractivity contribution is 7.90. The number of aliphatic hydroxyl groups is 1. The summed E-state index contributed by atoms with van der Waals surface area (Å²) >= 11 is 0. The van der Waals surface area contributed by atoms with Crippen LogP contribution in [0.1, 0.15) is 17.2 Å².